The second-order valence-corrected chi connectivity index (χ2v) is 7.80. The number of anilines is 1. The van der Waals surface area contributed by atoms with E-state index in [9.17, 15) is 0 Å². The van der Waals surface area contributed by atoms with E-state index in [1.165, 1.54) is 30.8 Å². The first-order valence-corrected chi connectivity index (χ1v) is 10.3. The van der Waals surface area contributed by atoms with Crippen molar-refractivity contribution in [2.24, 2.45) is 0 Å². The fourth-order valence-corrected chi connectivity index (χ4v) is 4.19. The molecule has 1 N–H and O–H groups in total. The molecule has 1 aliphatic heterocycles. The zero-order valence-electron chi connectivity index (χ0n) is 15.7. The summed E-state index contributed by atoms with van der Waals surface area (Å²) < 4.78 is 6.25. The van der Waals surface area contributed by atoms with Crippen LogP contribution in [0.25, 0.3) is 27.3 Å². The lowest BCUT2D eigenvalue weighted by molar-refractivity contribution is 0.651. The molecular formula is C20H21N7S. The Morgan fingerprint density at radius 1 is 1.07 bits per heavy atom. The molecule has 1 aliphatic rings. The lowest BCUT2D eigenvalue weighted by atomic mass is 10.2. The van der Waals surface area contributed by atoms with Crippen LogP contribution in [0.1, 0.15) is 25.0 Å². The average Bonchev–Trinajstić information content (AvgIpc) is 3.24. The Balaban J connectivity index is 1.54. The van der Waals surface area contributed by atoms with Gasteiger partial charge in [0.1, 0.15) is 5.82 Å². The number of nitrogens with zero attached hydrogens (tertiary/aromatic N) is 6. The number of hydrazine groups is 1. The highest BCUT2D eigenvalue weighted by Gasteiger charge is 2.14. The Morgan fingerprint density at radius 2 is 2.00 bits per heavy atom. The lowest BCUT2D eigenvalue weighted by Gasteiger charge is -2.22. The van der Waals surface area contributed by atoms with Crippen molar-refractivity contribution in [1.82, 2.24) is 29.5 Å². The molecule has 142 valence electrons. The van der Waals surface area contributed by atoms with Crippen molar-refractivity contribution in [1.29, 1.82) is 0 Å². The third-order valence-corrected chi connectivity index (χ3v) is 5.81. The zero-order valence-corrected chi connectivity index (χ0v) is 16.5. The molecule has 5 rings (SSSR count). The molecule has 0 bridgehead atoms. The molecule has 0 radical (unpaired) electrons. The Labute approximate surface area is 167 Å². The first kappa shape index (κ1) is 17.3. The van der Waals surface area contributed by atoms with Gasteiger partial charge in [-0.05, 0) is 55.6 Å². The van der Waals surface area contributed by atoms with Gasteiger partial charge < -0.3 is 0 Å². The first-order valence-electron chi connectivity index (χ1n) is 9.54. The SMILES string of the molecule is Cc1cc(-c2cc3c(cn2)cnn3-c2cccc(N3CCCCCN3)n2)sn1. The predicted molar refractivity (Wildman–Crippen MR) is 112 cm³/mol. The number of rotatable bonds is 3. The number of hydrogen-bond donors (Lipinski definition) is 1. The van der Waals surface area contributed by atoms with Gasteiger partial charge in [-0.3, -0.25) is 9.99 Å². The van der Waals surface area contributed by atoms with Crippen LogP contribution in [0.15, 0.2) is 42.7 Å². The number of hydrogen-bond acceptors (Lipinski definition) is 7. The Hall–Kier alpha value is -2.84. The molecule has 0 spiro atoms. The van der Waals surface area contributed by atoms with Gasteiger partial charge in [-0.2, -0.15) is 9.47 Å². The summed E-state index contributed by atoms with van der Waals surface area (Å²) in [7, 11) is 0. The minimum absolute atomic E-state index is 0.802. The summed E-state index contributed by atoms with van der Waals surface area (Å²) in [5.41, 5.74) is 6.37. The van der Waals surface area contributed by atoms with Gasteiger partial charge in [0.15, 0.2) is 5.82 Å². The van der Waals surface area contributed by atoms with E-state index in [1.54, 1.807) is 0 Å². The van der Waals surface area contributed by atoms with Crippen LogP contribution >= 0.6 is 11.5 Å². The van der Waals surface area contributed by atoms with Gasteiger partial charge >= 0.3 is 0 Å². The van der Waals surface area contributed by atoms with Crippen LogP contribution in [0.3, 0.4) is 0 Å². The molecule has 0 aliphatic carbocycles. The van der Waals surface area contributed by atoms with Gasteiger partial charge in [-0.25, -0.2) is 15.1 Å². The molecule has 1 saturated heterocycles. The smallest absolute Gasteiger partial charge is 0.156 e. The number of fused-ring (bicyclic) bond motifs is 1. The Morgan fingerprint density at radius 3 is 2.89 bits per heavy atom. The van der Waals surface area contributed by atoms with Crippen LogP contribution in [0.4, 0.5) is 5.82 Å². The minimum Gasteiger partial charge on any atom is -0.292 e. The molecule has 5 heterocycles. The molecule has 8 heteroatoms. The van der Waals surface area contributed by atoms with E-state index < -0.39 is 0 Å². The highest BCUT2D eigenvalue weighted by molar-refractivity contribution is 7.09. The van der Waals surface area contributed by atoms with Crippen molar-refractivity contribution < 1.29 is 0 Å². The van der Waals surface area contributed by atoms with E-state index in [-0.39, 0.29) is 0 Å². The minimum atomic E-state index is 0.802. The molecule has 0 unspecified atom stereocenters. The van der Waals surface area contributed by atoms with Crippen LogP contribution in [0.2, 0.25) is 0 Å². The van der Waals surface area contributed by atoms with Crippen LogP contribution in [-0.4, -0.2) is 37.2 Å². The summed E-state index contributed by atoms with van der Waals surface area (Å²) in [6.45, 7) is 3.95. The van der Waals surface area contributed by atoms with Gasteiger partial charge in [0.25, 0.3) is 0 Å². The summed E-state index contributed by atoms with van der Waals surface area (Å²) in [5.74, 6) is 1.73. The Kier molecular flexibility index (Phi) is 4.50. The van der Waals surface area contributed by atoms with E-state index in [0.29, 0.717) is 0 Å². The maximum absolute atomic E-state index is 4.87. The van der Waals surface area contributed by atoms with Crippen LogP contribution in [0.5, 0.6) is 0 Å². The molecule has 1 fully saturated rings. The normalized spacial score (nSPS) is 15.1. The van der Waals surface area contributed by atoms with E-state index in [0.717, 1.165) is 51.9 Å². The van der Waals surface area contributed by atoms with Gasteiger partial charge in [0.2, 0.25) is 0 Å². The quantitative estimate of drug-likeness (QED) is 0.574. The molecule has 0 amide bonds. The highest BCUT2D eigenvalue weighted by Crippen LogP contribution is 2.27. The van der Waals surface area contributed by atoms with Gasteiger partial charge in [-0.1, -0.05) is 12.5 Å². The maximum Gasteiger partial charge on any atom is 0.156 e. The third-order valence-electron chi connectivity index (χ3n) is 4.91. The predicted octanol–water partition coefficient (Wildman–Crippen LogP) is 3.74. The second-order valence-electron chi connectivity index (χ2n) is 6.99. The number of nitrogens with one attached hydrogen (secondary N) is 1. The summed E-state index contributed by atoms with van der Waals surface area (Å²) in [5, 5.41) is 7.71. The van der Waals surface area contributed by atoms with Crippen LogP contribution in [-0.2, 0) is 0 Å². The summed E-state index contributed by atoms with van der Waals surface area (Å²) in [6, 6.07) is 10.2. The van der Waals surface area contributed by atoms with Crippen molar-refractivity contribution in [2.75, 3.05) is 18.1 Å². The number of aryl methyl sites for hydroxylation is 1. The van der Waals surface area contributed by atoms with E-state index in [4.69, 9.17) is 4.98 Å². The van der Waals surface area contributed by atoms with Crippen molar-refractivity contribution in [2.45, 2.75) is 26.2 Å². The number of aromatic nitrogens is 5. The summed E-state index contributed by atoms with van der Waals surface area (Å²) in [4.78, 5) is 10.5. The standard InChI is InChI=1S/C20H21N7S/c1-14-10-18(28-25-14)16-11-17-15(12-21-16)13-23-27(17)20-7-5-6-19(24-20)26-9-4-2-3-8-22-26/h5-7,10-13,22H,2-4,8-9H2,1H3. The van der Waals surface area contributed by atoms with Gasteiger partial charge in [0.05, 0.1) is 28.0 Å². The average molecular weight is 392 g/mol. The second kappa shape index (κ2) is 7.29. The molecule has 0 aromatic carbocycles. The van der Waals surface area contributed by atoms with Gasteiger partial charge in [-0.15, -0.1) is 0 Å². The summed E-state index contributed by atoms with van der Waals surface area (Å²) in [6.07, 6.45) is 7.32. The van der Waals surface area contributed by atoms with E-state index in [2.05, 4.69) is 37.0 Å². The van der Waals surface area contributed by atoms with Crippen LogP contribution in [0, 0.1) is 6.92 Å². The lowest BCUT2D eigenvalue weighted by Crippen LogP contribution is -2.38. The Bertz CT molecular complexity index is 1110. The fraction of sp³-hybridized carbons (Fsp3) is 0.300. The molecule has 0 atom stereocenters. The third kappa shape index (κ3) is 3.25. The number of pyridine rings is 2. The fourth-order valence-electron chi connectivity index (χ4n) is 3.46. The van der Waals surface area contributed by atoms with Gasteiger partial charge in [0, 0.05) is 24.7 Å². The van der Waals surface area contributed by atoms with Crippen LogP contribution < -0.4 is 10.4 Å². The van der Waals surface area contributed by atoms with E-state index >= 15 is 0 Å². The summed E-state index contributed by atoms with van der Waals surface area (Å²) >= 11 is 1.47. The molecule has 0 saturated carbocycles. The maximum atomic E-state index is 4.87. The molecule has 28 heavy (non-hydrogen) atoms. The van der Waals surface area contributed by atoms with Crippen molar-refractivity contribution >= 4 is 28.3 Å². The largest absolute Gasteiger partial charge is 0.292 e. The molecule has 7 nitrogen and oxygen atoms in total. The molecule has 4 aromatic heterocycles. The molecule has 4 aromatic rings. The van der Waals surface area contributed by atoms with Crippen molar-refractivity contribution in [3.8, 4) is 16.4 Å². The molecular weight excluding hydrogens is 370 g/mol. The first-order chi connectivity index (χ1) is 13.8. The van der Waals surface area contributed by atoms with E-state index in [1.807, 2.05) is 42.2 Å². The van der Waals surface area contributed by atoms with Crippen molar-refractivity contribution in [3.05, 3.63) is 48.4 Å². The highest BCUT2D eigenvalue weighted by atomic mass is 32.1. The topological polar surface area (TPSA) is 71.8 Å². The van der Waals surface area contributed by atoms with Crippen molar-refractivity contribution in [3.63, 3.8) is 0 Å². The zero-order chi connectivity index (χ0) is 18.9. The monoisotopic (exact) mass is 391 g/mol.